The molecule has 0 aliphatic heterocycles. The maximum absolute atomic E-state index is 13.9. The Morgan fingerprint density at radius 1 is 0.953 bits per heavy atom. The summed E-state index contributed by atoms with van der Waals surface area (Å²) in [6.07, 6.45) is 2.42. The Labute approximate surface area is 265 Å². The summed E-state index contributed by atoms with van der Waals surface area (Å²) in [5, 5.41) is 3.77. The van der Waals surface area contributed by atoms with Crippen molar-refractivity contribution in [3.63, 3.8) is 0 Å². The first-order valence-electron chi connectivity index (χ1n) is 14.1. The van der Waals surface area contributed by atoms with Gasteiger partial charge in [0.1, 0.15) is 11.8 Å². The number of hydrogen-bond acceptors (Lipinski definition) is 5. The van der Waals surface area contributed by atoms with Crippen molar-refractivity contribution in [2.45, 2.75) is 58.2 Å². The number of ether oxygens (including phenoxy) is 1. The summed E-state index contributed by atoms with van der Waals surface area (Å²) < 4.78 is 31.8. The molecule has 0 radical (unpaired) electrons. The molecule has 0 saturated carbocycles. The molecule has 0 aromatic heterocycles. The number of benzene rings is 3. The molecule has 3 rings (SSSR count). The number of amides is 2. The summed E-state index contributed by atoms with van der Waals surface area (Å²) in [5.74, 6) is 0.0579. The molecular weight excluding hydrogens is 609 g/mol. The second-order valence-electron chi connectivity index (χ2n) is 10.4. The Morgan fingerprint density at radius 3 is 2.21 bits per heavy atom. The number of carbonyl (C=O) groups excluding carboxylic acids is 2. The highest BCUT2D eigenvalue weighted by Gasteiger charge is 2.31. The molecule has 0 unspecified atom stereocenters. The van der Waals surface area contributed by atoms with Gasteiger partial charge < -0.3 is 15.0 Å². The van der Waals surface area contributed by atoms with Crippen LogP contribution in [0.1, 0.15) is 44.2 Å². The molecule has 232 valence electrons. The Morgan fingerprint density at radius 2 is 1.63 bits per heavy atom. The quantitative estimate of drug-likeness (QED) is 0.215. The molecule has 8 nitrogen and oxygen atoms in total. The van der Waals surface area contributed by atoms with Gasteiger partial charge >= 0.3 is 0 Å². The van der Waals surface area contributed by atoms with Crippen molar-refractivity contribution in [1.29, 1.82) is 0 Å². The number of carbonyl (C=O) groups is 2. The zero-order valence-corrected chi connectivity index (χ0v) is 27.3. The highest BCUT2D eigenvalue weighted by Crippen LogP contribution is 2.26. The molecule has 3 aromatic rings. The maximum atomic E-state index is 13.9. The average Bonchev–Trinajstić information content (AvgIpc) is 2.98. The minimum atomic E-state index is -3.62. The lowest BCUT2D eigenvalue weighted by molar-refractivity contribution is -0.141. The number of sulfonamides is 1. The van der Waals surface area contributed by atoms with Crippen LogP contribution in [0.2, 0.25) is 10.0 Å². The van der Waals surface area contributed by atoms with E-state index in [2.05, 4.69) is 5.32 Å². The summed E-state index contributed by atoms with van der Waals surface area (Å²) in [4.78, 5) is 29.2. The van der Waals surface area contributed by atoms with E-state index in [0.29, 0.717) is 33.5 Å². The SMILES string of the molecule is CC[C@H](C)NC(=O)[C@@H](Cc1ccccc1)N(Cc1ccc(Cl)c(Cl)c1)C(=O)CCCN(c1ccc(OC)cc1)S(C)(=O)=O. The van der Waals surface area contributed by atoms with Gasteiger partial charge in [-0.25, -0.2) is 8.42 Å². The van der Waals surface area contributed by atoms with Crippen molar-refractivity contribution in [2.24, 2.45) is 0 Å². The standard InChI is InChI=1S/C32H39Cl2N3O5S/c1-5-23(2)35-32(39)30(21-24-10-7-6-8-11-24)36(22-25-13-18-28(33)29(34)20-25)31(38)12-9-19-37(43(4,40)41)26-14-16-27(42-3)17-15-26/h6-8,10-11,13-18,20,23,30H,5,9,12,19,21-22H2,1-4H3,(H,35,39)/t23-,30+/m0/s1. The van der Waals surface area contributed by atoms with E-state index in [1.54, 1.807) is 47.4 Å². The molecule has 43 heavy (non-hydrogen) atoms. The second-order valence-corrected chi connectivity index (χ2v) is 13.2. The predicted molar refractivity (Wildman–Crippen MR) is 173 cm³/mol. The van der Waals surface area contributed by atoms with Crippen LogP contribution in [0.4, 0.5) is 5.69 Å². The van der Waals surface area contributed by atoms with Crippen LogP contribution in [0.3, 0.4) is 0 Å². The molecule has 0 heterocycles. The molecule has 0 aliphatic carbocycles. The van der Waals surface area contributed by atoms with E-state index in [1.807, 2.05) is 44.2 Å². The average molecular weight is 649 g/mol. The van der Waals surface area contributed by atoms with Crippen molar-refractivity contribution in [2.75, 3.05) is 24.2 Å². The molecule has 1 N–H and O–H groups in total. The van der Waals surface area contributed by atoms with E-state index < -0.39 is 16.1 Å². The van der Waals surface area contributed by atoms with Gasteiger partial charge in [0.2, 0.25) is 21.8 Å². The molecule has 0 saturated heterocycles. The van der Waals surface area contributed by atoms with Gasteiger partial charge in [-0.2, -0.15) is 0 Å². The van der Waals surface area contributed by atoms with Crippen molar-refractivity contribution in [3.8, 4) is 5.75 Å². The van der Waals surface area contributed by atoms with Crippen LogP contribution in [0, 0.1) is 0 Å². The Bertz CT molecular complexity index is 1470. The first-order chi connectivity index (χ1) is 20.4. The van der Waals surface area contributed by atoms with E-state index in [0.717, 1.165) is 18.2 Å². The summed E-state index contributed by atoms with van der Waals surface area (Å²) in [5.41, 5.74) is 2.09. The lowest BCUT2D eigenvalue weighted by Crippen LogP contribution is -2.52. The Hall–Kier alpha value is -3.27. The van der Waals surface area contributed by atoms with Gasteiger partial charge in [-0.1, -0.05) is 66.5 Å². The molecule has 0 spiro atoms. The molecule has 0 aliphatic rings. The normalized spacial score (nSPS) is 12.7. The van der Waals surface area contributed by atoms with Crippen LogP contribution in [0.25, 0.3) is 0 Å². The Balaban J connectivity index is 1.90. The first-order valence-corrected chi connectivity index (χ1v) is 16.7. The van der Waals surface area contributed by atoms with Gasteiger partial charge in [0.25, 0.3) is 0 Å². The van der Waals surface area contributed by atoms with E-state index >= 15 is 0 Å². The predicted octanol–water partition coefficient (Wildman–Crippen LogP) is 6.10. The second kappa shape index (κ2) is 16.0. The summed E-state index contributed by atoms with van der Waals surface area (Å²) in [6, 6.07) is 20.4. The summed E-state index contributed by atoms with van der Waals surface area (Å²) >= 11 is 12.4. The lowest BCUT2D eigenvalue weighted by atomic mass is 10.0. The van der Waals surface area contributed by atoms with Gasteiger partial charge in [-0.3, -0.25) is 13.9 Å². The van der Waals surface area contributed by atoms with Crippen LogP contribution in [-0.2, 0) is 32.6 Å². The van der Waals surface area contributed by atoms with Crippen LogP contribution in [0.5, 0.6) is 5.75 Å². The molecule has 3 aromatic carbocycles. The van der Waals surface area contributed by atoms with E-state index in [1.165, 1.54) is 11.4 Å². The number of nitrogens with one attached hydrogen (secondary N) is 1. The van der Waals surface area contributed by atoms with Gasteiger partial charge in [-0.05, 0) is 67.3 Å². The Kier molecular flexibility index (Phi) is 12.7. The largest absolute Gasteiger partial charge is 0.497 e. The number of methoxy groups -OCH3 is 1. The number of anilines is 1. The van der Waals surface area contributed by atoms with Crippen LogP contribution < -0.4 is 14.4 Å². The third kappa shape index (κ3) is 10.2. The van der Waals surface area contributed by atoms with Crippen molar-refractivity contribution >= 4 is 50.7 Å². The molecule has 11 heteroatoms. The number of nitrogens with zero attached hydrogens (tertiary/aromatic N) is 2. The topological polar surface area (TPSA) is 96.0 Å². The fourth-order valence-corrected chi connectivity index (χ4v) is 5.87. The van der Waals surface area contributed by atoms with E-state index in [-0.39, 0.29) is 43.8 Å². The molecule has 2 atom stereocenters. The third-order valence-corrected chi connectivity index (χ3v) is 9.05. The minimum absolute atomic E-state index is 0.0192. The highest BCUT2D eigenvalue weighted by molar-refractivity contribution is 7.92. The smallest absolute Gasteiger partial charge is 0.243 e. The fraction of sp³-hybridized carbons (Fsp3) is 0.375. The number of rotatable bonds is 15. The van der Waals surface area contributed by atoms with Crippen molar-refractivity contribution < 1.29 is 22.7 Å². The monoisotopic (exact) mass is 647 g/mol. The van der Waals surface area contributed by atoms with Crippen molar-refractivity contribution in [1.82, 2.24) is 10.2 Å². The highest BCUT2D eigenvalue weighted by atomic mass is 35.5. The zero-order chi connectivity index (χ0) is 31.6. The van der Waals surface area contributed by atoms with E-state index in [9.17, 15) is 18.0 Å². The van der Waals surface area contributed by atoms with Crippen LogP contribution >= 0.6 is 23.2 Å². The third-order valence-electron chi connectivity index (χ3n) is 7.12. The van der Waals surface area contributed by atoms with Gasteiger partial charge in [0.15, 0.2) is 0 Å². The van der Waals surface area contributed by atoms with Gasteiger partial charge in [-0.15, -0.1) is 0 Å². The van der Waals surface area contributed by atoms with Gasteiger partial charge in [0.05, 0.1) is 29.1 Å². The minimum Gasteiger partial charge on any atom is -0.497 e. The van der Waals surface area contributed by atoms with E-state index in [4.69, 9.17) is 27.9 Å². The van der Waals surface area contributed by atoms with Crippen molar-refractivity contribution in [3.05, 3.63) is 94.0 Å². The van der Waals surface area contributed by atoms with Crippen LogP contribution in [0.15, 0.2) is 72.8 Å². The molecule has 0 fully saturated rings. The first kappa shape index (κ1) is 34.2. The summed E-state index contributed by atoms with van der Waals surface area (Å²) in [7, 11) is -2.09. The maximum Gasteiger partial charge on any atom is 0.243 e. The number of hydrogen-bond donors (Lipinski definition) is 1. The van der Waals surface area contributed by atoms with Crippen LogP contribution in [-0.4, -0.2) is 57.1 Å². The lowest BCUT2D eigenvalue weighted by Gasteiger charge is -2.33. The summed E-state index contributed by atoms with van der Waals surface area (Å²) in [6.45, 7) is 4.10. The van der Waals surface area contributed by atoms with Gasteiger partial charge in [0, 0.05) is 32.0 Å². The molecule has 0 bridgehead atoms. The zero-order valence-electron chi connectivity index (χ0n) is 24.9. The molecule has 2 amide bonds. The molecular formula is C32H39Cl2N3O5S. The fourth-order valence-electron chi connectivity index (χ4n) is 4.58. The number of halogens is 2.